The molecule has 0 aliphatic carbocycles. The maximum absolute atomic E-state index is 10.1. The molecule has 5 aromatic rings. The second kappa shape index (κ2) is 17.0. The zero-order chi connectivity index (χ0) is 31.3. The van der Waals surface area contributed by atoms with Crippen LogP contribution in [0.4, 0.5) is 0 Å². The van der Waals surface area contributed by atoms with Gasteiger partial charge in [-0.25, -0.2) is 0 Å². The van der Waals surface area contributed by atoms with E-state index in [1.165, 1.54) is 22.1 Å². The number of nitrogens with one attached hydrogen (secondary N) is 4. The lowest BCUT2D eigenvalue weighted by Crippen LogP contribution is -2.37. The van der Waals surface area contributed by atoms with E-state index >= 15 is 0 Å². The molecule has 2 aromatic carbocycles. The highest BCUT2D eigenvalue weighted by Gasteiger charge is 2.13. The summed E-state index contributed by atoms with van der Waals surface area (Å²) in [5, 5.41) is 22.1. The van der Waals surface area contributed by atoms with Crippen molar-refractivity contribution in [1.82, 2.24) is 35.8 Å². The summed E-state index contributed by atoms with van der Waals surface area (Å²) in [6.07, 6.45) is 6.52. The van der Waals surface area contributed by atoms with Crippen molar-refractivity contribution in [2.24, 2.45) is 0 Å². The van der Waals surface area contributed by atoms with E-state index in [1.54, 1.807) is 0 Å². The zero-order valence-electron chi connectivity index (χ0n) is 26.5. The number of fused-ring (bicyclic) bond motifs is 1. The minimum Gasteiger partial charge on any atom is -0.395 e. The van der Waals surface area contributed by atoms with E-state index in [2.05, 4.69) is 110 Å². The Bertz CT molecular complexity index is 1490. The number of aromatic amines is 1. The molecule has 8 heteroatoms. The highest BCUT2D eigenvalue weighted by molar-refractivity contribution is 5.83. The van der Waals surface area contributed by atoms with Crippen molar-refractivity contribution in [1.29, 1.82) is 0 Å². The number of aliphatic hydroxyl groups excluding tert-OH is 1. The third kappa shape index (κ3) is 9.78. The molecule has 0 aliphatic heterocycles. The second-order valence-corrected chi connectivity index (χ2v) is 11.8. The SMILES string of the molecule is CC(NCCN(CCNC(C)c1ccccn1)Cc1ccc(CNC(CO)Cc2c[nH]c3ccccc23)cc1)c1ccccn1. The first-order valence-electron chi connectivity index (χ1n) is 16.1. The van der Waals surface area contributed by atoms with E-state index in [4.69, 9.17) is 0 Å². The molecule has 5 N–H and O–H groups in total. The van der Waals surface area contributed by atoms with Crippen molar-refractivity contribution in [3.8, 4) is 0 Å². The summed E-state index contributed by atoms with van der Waals surface area (Å²) < 4.78 is 0. The Morgan fingerprint density at radius 3 is 1.93 bits per heavy atom. The number of nitrogens with zero attached hydrogens (tertiary/aromatic N) is 3. The Balaban J connectivity index is 1.14. The van der Waals surface area contributed by atoms with Crippen molar-refractivity contribution in [2.75, 3.05) is 32.8 Å². The number of H-pyrrole nitrogens is 1. The average Bonchev–Trinajstić information content (AvgIpc) is 3.50. The summed E-state index contributed by atoms with van der Waals surface area (Å²) in [5.41, 5.74) is 6.96. The number of rotatable bonds is 18. The molecular weight excluding hydrogens is 558 g/mol. The lowest BCUT2D eigenvalue weighted by molar-refractivity contribution is 0.241. The molecule has 0 amide bonds. The Kier molecular flexibility index (Phi) is 12.2. The summed E-state index contributed by atoms with van der Waals surface area (Å²) >= 11 is 0. The first kappa shape index (κ1) is 32.5. The van der Waals surface area contributed by atoms with Crippen LogP contribution in [0.25, 0.3) is 10.9 Å². The fourth-order valence-electron chi connectivity index (χ4n) is 5.67. The van der Waals surface area contributed by atoms with Gasteiger partial charge >= 0.3 is 0 Å². The summed E-state index contributed by atoms with van der Waals surface area (Å²) in [4.78, 5) is 14.8. The predicted octanol–water partition coefficient (Wildman–Crippen LogP) is 5.15. The van der Waals surface area contributed by atoms with Gasteiger partial charge in [0.1, 0.15) is 0 Å². The van der Waals surface area contributed by atoms with Crippen LogP contribution in [0.3, 0.4) is 0 Å². The van der Waals surface area contributed by atoms with Gasteiger partial charge in [0.15, 0.2) is 0 Å². The largest absolute Gasteiger partial charge is 0.395 e. The highest BCUT2D eigenvalue weighted by atomic mass is 16.3. The van der Waals surface area contributed by atoms with Crippen LogP contribution >= 0.6 is 0 Å². The summed E-state index contributed by atoms with van der Waals surface area (Å²) in [7, 11) is 0. The maximum Gasteiger partial charge on any atom is 0.0588 e. The molecule has 0 fully saturated rings. The molecule has 3 atom stereocenters. The lowest BCUT2D eigenvalue weighted by atomic mass is 10.0. The first-order chi connectivity index (χ1) is 22.1. The lowest BCUT2D eigenvalue weighted by Gasteiger charge is -2.25. The minimum atomic E-state index is -0.0127. The van der Waals surface area contributed by atoms with Crippen molar-refractivity contribution in [3.05, 3.63) is 132 Å². The standard InChI is InChI=1S/C37H47N7O/c1-28(35-10-5-7-17-40-35)38-19-21-44(22-20-39-29(2)36-11-6-8-18-41-36)26-31-15-13-30(14-16-31)24-42-33(27-45)23-32-25-43-37-12-4-3-9-34(32)37/h3-18,25,28-29,33,38-39,42-43,45H,19-24,26-27H2,1-2H3. The quantitative estimate of drug-likeness (QED) is 0.0942. The average molecular weight is 606 g/mol. The first-order valence-corrected chi connectivity index (χ1v) is 16.1. The highest BCUT2D eigenvalue weighted by Crippen LogP contribution is 2.19. The molecule has 8 nitrogen and oxygen atoms in total. The molecule has 0 bridgehead atoms. The van der Waals surface area contributed by atoms with Gasteiger partial charge in [0.25, 0.3) is 0 Å². The van der Waals surface area contributed by atoms with Crippen molar-refractivity contribution in [3.63, 3.8) is 0 Å². The van der Waals surface area contributed by atoms with Gasteiger partial charge in [-0.15, -0.1) is 0 Å². The third-order valence-electron chi connectivity index (χ3n) is 8.41. The number of aliphatic hydroxyl groups is 1. The van der Waals surface area contributed by atoms with Gasteiger partial charge in [-0.1, -0.05) is 54.6 Å². The van der Waals surface area contributed by atoms with E-state index in [0.29, 0.717) is 6.54 Å². The Morgan fingerprint density at radius 2 is 1.33 bits per heavy atom. The van der Waals surface area contributed by atoms with Crippen LogP contribution in [0, 0.1) is 0 Å². The van der Waals surface area contributed by atoms with E-state index in [-0.39, 0.29) is 24.7 Å². The maximum atomic E-state index is 10.1. The van der Waals surface area contributed by atoms with E-state index in [9.17, 15) is 5.11 Å². The summed E-state index contributed by atoms with van der Waals surface area (Å²) in [5.74, 6) is 0. The molecule has 3 aromatic heterocycles. The molecule has 3 unspecified atom stereocenters. The molecule has 45 heavy (non-hydrogen) atoms. The molecule has 5 rings (SSSR count). The van der Waals surface area contributed by atoms with Crippen molar-refractivity contribution < 1.29 is 5.11 Å². The fraction of sp³-hybridized carbons (Fsp3) is 0.351. The molecular formula is C37H47N7O. The molecule has 0 saturated carbocycles. The van der Waals surface area contributed by atoms with E-state index in [0.717, 1.165) is 56.0 Å². The molecule has 0 radical (unpaired) electrons. The number of hydrogen-bond donors (Lipinski definition) is 5. The van der Waals surface area contributed by atoms with Crippen LogP contribution in [-0.4, -0.2) is 63.8 Å². The molecule has 0 saturated heterocycles. The van der Waals surface area contributed by atoms with Gasteiger partial charge in [-0.05, 0) is 67.3 Å². The number of para-hydroxylation sites is 1. The Morgan fingerprint density at radius 1 is 0.733 bits per heavy atom. The molecule has 0 aliphatic rings. The van der Waals surface area contributed by atoms with Crippen LogP contribution in [-0.2, 0) is 19.5 Å². The molecule has 3 heterocycles. The van der Waals surface area contributed by atoms with Gasteiger partial charge in [0, 0.05) is 86.9 Å². The van der Waals surface area contributed by atoms with Gasteiger partial charge in [0.2, 0.25) is 0 Å². The predicted molar refractivity (Wildman–Crippen MR) is 183 cm³/mol. The minimum absolute atomic E-state index is 0.0127. The topological polar surface area (TPSA) is 101 Å². The number of aromatic nitrogens is 3. The smallest absolute Gasteiger partial charge is 0.0588 e. The van der Waals surface area contributed by atoms with Crippen molar-refractivity contribution >= 4 is 10.9 Å². The molecule has 236 valence electrons. The summed E-state index contributed by atoms with van der Waals surface area (Å²) in [6.45, 7) is 9.58. The normalized spacial score (nSPS) is 13.7. The van der Waals surface area contributed by atoms with Gasteiger partial charge in [-0.2, -0.15) is 0 Å². The van der Waals surface area contributed by atoms with Crippen molar-refractivity contribution in [2.45, 2.75) is 51.5 Å². The number of hydrogen-bond acceptors (Lipinski definition) is 7. The Labute approximate surface area is 267 Å². The fourth-order valence-corrected chi connectivity index (χ4v) is 5.67. The van der Waals surface area contributed by atoms with Crippen LogP contribution in [0.2, 0.25) is 0 Å². The summed E-state index contributed by atoms with van der Waals surface area (Å²) in [6, 6.07) is 29.7. The van der Waals surface area contributed by atoms with Crippen LogP contribution in [0.5, 0.6) is 0 Å². The van der Waals surface area contributed by atoms with Gasteiger partial charge < -0.3 is 26.0 Å². The molecule has 0 spiro atoms. The zero-order valence-corrected chi connectivity index (χ0v) is 26.5. The van der Waals surface area contributed by atoms with Crippen LogP contribution in [0.1, 0.15) is 54.0 Å². The number of pyridine rings is 2. The second-order valence-electron chi connectivity index (χ2n) is 11.8. The van der Waals surface area contributed by atoms with E-state index in [1.807, 2.05) is 42.7 Å². The van der Waals surface area contributed by atoms with Crippen LogP contribution < -0.4 is 16.0 Å². The van der Waals surface area contributed by atoms with E-state index < -0.39 is 0 Å². The Hall–Kier alpha value is -3.92. The third-order valence-corrected chi connectivity index (χ3v) is 8.41. The number of benzene rings is 2. The monoisotopic (exact) mass is 605 g/mol. The van der Waals surface area contributed by atoms with Gasteiger partial charge in [-0.3, -0.25) is 14.9 Å². The van der Waals surface area contributed by atoms with Gasteiger partial charge in [0.05, 0.1) is 18.0 Å². The van der Waals surface area contributed by atoms with Crippen LogP contribution in [0.15, 0.2) is 104 Å².